The van der Waals surface area contributed by atoms with Gasteiger partial charge in [-0.3, -0.25) is 0 Å². The van der Waals surface area contributed by atoms with Crippen molar-refractivity contribution in [3.05, 3.63) is 16.4 Å². The molecule has 1 rings (SSSR count). The van der Waals surface area contributed by atoms with Crippen molar-refractivity contribution >= 4 is 21.9 Å². The molecule has 0 fully saturated rings. The predicted molar refractivity (Wildman–Crippen MR) is 63.5 cm³/mol. The Morgan fingerprint density at radius 2 is 2.19 bits per heavy atom. The highest BCUT2D eigenvalue weighted by Crippen LogP contribution is 2.30. The van der Waals surface area contributed by atoms with Crippen LogP contribution in [0.1, 0.15) is 26.7 Å². The molecule has 90 valence electrons. The summed E-state index contributed by atoms with van der Waals surface area (Å²) in [5.74, 6) is -0.337. The summed E-state index contributed by atoms with van der Waals surface area (Å²) in [6, 6.07) is 0. The van der Waals surface area contributed by atoms with Crippen LogP contribution in [0.5, 0.6) is 0 Å². The third-order valence-electron chi connectivity index (χ3n) is 2.97. The first-order valence-electron chi connectivity index (χ1n) is 5.16. The number of nitrogens with zero attached hydrogens (tertiary/aromatic N) is 4. The third kappa shape index (κ3) is 2.78. The van der Waals surface area contributed by atoms with Crippen LogP contribution in [0.4, 0.5) is 5.95 Å². The van der Waals surface area contributed by atoms with Crippen molar-refractivity contribution < 1.29 is 4.92 Å². The van der Waals surface area contributed by atoms with Gasteiger partial charge in [0.05, 0.1) is 6.54 Å². The van der Waals surface area contributed by atoms with E-state index in [9.17, 15) is 10.1 Å². The van der Waals surface area contributed by atoms with Gasteiger partial charge in [-0.05, 0) is 17.8 Å². The van der Waals surface area contributed by atoms with E-state index < -0.39 is 4.92 Å². The van der Waals surface area contributed by atoms with Gasteiger partial charge in [0.15, 0.2) is 0 Å². The average molecular weight is 291 g/mol. The van der Waals surface area contributed by atoms with Crippen LogP contribution in [-0.4, -0.2) is 25.0 Å². The lowest BCUT2D eigenvalue weighted by Gasteiger charge is -2.27. The molecule has 0 amide bonds. The highest BCUT2D eigenvalue weighted by atomic mass is 79.9. The third-order valence-corrected chi connectivity index (χ3v) is 4.16. The Morgan fingerprint density at radius 1 is 1.56 bits per heavy atom. The van der Waals surface area contributed by atoms with Gasteiger partial charge in [0.2, 0.25) is 6.33 Å². The van der Waals surface area contributed by atoms with Gasteiger partial charge in [0, 0.05) is 15.8 Å². The van der Waals surface area contributed by atoms with Gasteiger partial charge in [-0.25, -0.2) is 0 Å². The fourth-order valence-corrected chi connectivity index (χ4v) is 2.46. The number of hydrogen-bond acceptors (Lipinski definition) is 4. The summed E-state index contributed by atoms with van der Waals surface area (Å²) >= 11 is 3.49. The molecule has 0 aliphatic heterocycles. The van der Waals surface area contributed by atoms with Gasteiger partial charge in [-0.2, -0.15) is 4.68 Å². The first-order chi connectivity index (χ1) is 7.56. The van der Waals surface area contributed by atoms with E-state index in [1.165, 1.54) is 6.33 Å². The predicted octanol–water partition coefficient (Wildman–Crippen LogP) is 2.39. The monoisotopic (exact) mass is 290 g/mol. The quantitative estimate of drug-likeness (QED) is 0.458. The Labute approximate surface area is 102 Å². The van der Waals surface area contributed by atoms with E-state index in [4.69, 9.17) is 0 Å². The molecule has 0 spiro atoms. The van der Waals surface area contributed by atoms with Crippen LogP contribution in [0.2, 0.25) is 0 Å². The van der Waals surface area contributed by atoms with E-state index in [-0.39, 0.29) is 11.4 Å². The maximum atomic E-state index is 10.4. The molecular formula is C9H15BrN4O2. The summed E-state index contributed by atoms with van der Waals surface area (Å²) in [7, 11) is 0. The van der Waals surface area contributed by atoms with Gasteiger partial charge in [0.25, 0.3) is 0 Å². The fraction of sp³-hybridized carbons (Fsp3) is 0.778. The van der Waals surface area contributed by atoms with Crippen LogP contribution in [0.15, 0.2) is 6.33 Å². The summed E-state index contributed by atoms with van der Waals surface area (Å²) in [5.41, 5.74) is 0.0849. The lowest BCUT2D eigenvalue weighted by Crippen LogP contribution is -2.27. The van der Waals surface area contributed by atoms with Crippen molar-refractivity contribution in [2.24, 2.45) is 5.41 Å². The largest absolute Gasteiger partial charge is 0.490 e. The minimum Gasteiger partial charge on any atom is -0.390 e. The number of nitro groups is 1. The van der Waals surface area contributed by atoms with Crippen LogP contribution in [0.3, 0.4) is 0 Å². The molecule has 6 nitrogen and oxygen atoms in total. The summed E-state index contributed by atoms with van der Waals surface area (Å²) < 4.78 is 1.55. The van der Waals surface area contributed by atoms with E-state index >= 15 is 0 Å². The highest BCUT2D eigenvalue weighted by Gasteiger charge is 2.28. The van der Waals surface area contributed by atoms with E-state index in [1.54, 1.807) is 4.68 Å². The minimum atomic E-state index is -0.579. The molecule has 0 N–H and O–H groups in total. The van der Waals surface area contributed by atoms with Crippen LogP contribution >= 0.6 is 15.9 Å². The van der Waals surface area contributed by atoms with Crippen molar-refractivity contribution in [2.75, 3.05) is 5.33 Å². The molecule has 1 aromatic rings. The molecule has 0 saturated heterocycles. The summed E-state index contributed by atoms with van der Waals surface area (Å²) in [6.45, 7) is 4.86. The number of rotatable bonds is 6. The van der Waals surface area contributed by atoms with Crippen LogP contribution < -0.4 is 0 Å². The number of aromatic nitrogens is 3. The molecule has 0 aromatic carbocycles. The maximum absolute atomic E-state index is 10.4. The van der Waals surface area contributed by atoms with Crippen molar-refractivity contribution in [3.8, 4) is 0 Å². The Hall–Kier alpha value is -0.980. The zero-order chi connectivity index (χ0) is 12.2. The standard InChI is InChI=1S/C9H15BrN4O2/c1-3-9(4-2,5-10)6-13-7-11-8(12-13)14(15)16/h7H,3-6H2,1-2H3. The molecule has 7 heteroatoms. The van der Waals surface area contributed by atoms with E-state index in [1.807, 2.05) is 0 Å². The molecule has 0 atom stereocenters. The Morgan fingerprint density at radius 3 is 2.56 bits per heavy atom. The SMILES string of the molecule is CCC(CC)(CBr)Cn1cnc([N+](=O)[O-])n1. The lowest BCUT2D eigenvalue weighted by atomic mass is 9.85. The van der Waals surface area contributed by atoms with E-state index in [2.05, 4.69) is 39.9 Å². The van der Waals surface area contributed by atoms with Crippen molar-refractivity contribution in [1.29, 1.82) is 0 Å². The Kier molecular flexibility index (Phi) is 4.40. The van der Waals surface area contributed by atoms with Gasteiger partial charge < -0.3 is 10.1 Å². The number of alkyl halides is 1. The zero-order valence-corrected chi connectivity index (χ0v) is 11.0. The smallest absolute Gasteiger partial charge is 0.390 e. The summed E-state index contributed by atoms with van der Waals surface area (Å²) in [5, 5.41) is 15.1. The van der Waals surface area contributed by atoms with Crippen LogP contribution in [-0.2, 0) is 6.54 Å². The fourth-order valence-electron chi connectivity index (χ4n) is 1.49. The van der Waals surface area contributed by atoms with Gasteiger partial charge in [-0.15, -0.1) is 0 Å². The molecule has 0 aliphatic carbocycles. The van der Waals surface area contributed by atoms with Crippen molar-refractivity contribution in [3.63, 3.8) is 0 Å². The average Bonchev–Trinajstić information content (AvgIpc) is 2.74. The molecule has 0 unspecified atom stereocenters. The second-order valence-corrected chi connectivity index (χ2v) is 4.40. The lowest BCUT2D eigenvalue weighted by molar-refractivity contribution is -0.394. The van der Waals surface area contributed by atoms with Crippen molar-refractivity contribution in [2.45, 2.75) is 33.2 Å². The summed E-state index contributed by atoms with van der Waals surface area (Å²) in [6.07, 6.45) is 3.39. The normalized spacial score (nSPS) is 11.7. The maximum Gasteiger partial charge on any atom is 0.490 e. The molecule has 0 aliphatic rings. The molecule has 0 radical (unpaired) electrons. The number of hydrogen-bond donors (Lipinski definition) is 0. The molecule has 1 aromatic heterocycles. The molecule has 16 heavy (non-hydrogen) atoms. The minimum absolute atomic E-state index is 0.0849. The molecule has 0 bridgehead atoms. The van der Waals surface area contributed by atoms with Crippen LogP contribution in [0, 0.1) is 15.5 Å². The molecular weight excluding hydrogens is 276 g/mol. The first-order valence-corrected chi connectivity index (χ1v) is 6.29. The highest BCUT2D eigenvalue weighted by molar-refractivity contribution is 9.09. The van der Waals surface area contributed by atoms with Gasteiger partial charge in [0.1, 0.15) is 0 Å². The van der Waals surface area contributed by atoms with Gasteiger partial charge in [-0.1, -0.05) is 34.8 Å². The topological polar surface area (TPSA) is 73.8 Å². The zero-order valence-electron chi connectivity index (χ0n) is 9.39. The first kappa shape index (κ1) is 13.1. The second-order valence-electron chi connectivity index (χ2n) is 3.84. The van der Waals surface area contributed by atoms with E-state index in [0.717, 1.165) is 18.2 Å². The molecule has 1 heterocycles. The summed E-state index contributed by atoms with van der Waals surface area (Å²) in [4.78, 5) is 13.5. The van der Waals surface area contributed by atoms with E-state index in [0.29, 0.717) is 6.54 Å². The van der Waals surface area contributed by atoms with Crippen LogP contribution in [0.25, 0.3) is 0 Å². The Balaban J connectivity index is 2.81. The van der Waals surface area contributed by atoms with Crippen molar-refractivity contribution in [1.82, 2.24) is 14.8 Å². The number of halogens is 1. The Bertz CT molecular complexity index is 354. The molecule has 0 saturated carbocycles. The van der Waals surface area contributed by atoms with Gasteiger partial charge >= 0.3 is 5.95 Å². The second kappa shape index (κ2) is 5.38.